The Kier molecular flexibility index (Phi) is 6.51. The lowest BCUT2D eigenvalue weighted by Crippen LogP contribution is -2.42. The molecule has 0 saturated carbocycles. The number of benzene rings is 1. The maximum atomic E-state index is 13.0. The van der Waals surface area contributed by atoms with Gasteiger partial charge in [-0.2, -0.15) is 0 Å². The van der Waals surface area contributed by atoms with Gasteiger partial charge in [0.1, 0.15) is 0 Å². The largest absolute Gasteiger partial charge is 0.369 e. The Morgan fingerprint density at radius 2 is 1.82 bits per heavy atom. The number of anilines is 1. The van der Waals surface area contributed by atoms with E-state index in [0.29, 0.717) is 48.6 Å². The van der Waals surface area contributed by atoms with E-state index in [0.717, 1.165) is 10.4 Å². The van der Waals surface area contributed by atoms with Gasteiger partial charge in [-0.15, -0.1) is 11.3 Å². The summed E-state index contributed by atoms with van der Waals surface area (Å²) in [5.74, 6) is -0.778. The quantitative estimate of drug-likeness (QED) is 0.701. The number of nitrogens with zero attached hydrogens (tertiary/aromatic N) is 2. The Hall–Kier alpha value is -3.20. The highest BCUT2D eigenvalue weighted by Gasteiger charge is 2.33. The molecular formula is C24H28N4O4S. The molecule has 9 heteroatoms. The summed E-state index contributed by atoms with van der Waals surface area (Å²) in [5, 5.41) is 2.95. The molecule has 2 aliphatic rings. The number of rotatable bonds is 5. The van der Waals surface area contributed by atoms with Crippen molar-refractivity contribution in [1.82, 2.24) is 10.2 Å². The van der Waals surface area contributed by atoms with Crippen LogP contribution in [0.2, 0.25) is 0 Å². The van der Waals surface area contributed by atoms with E-state index in [1.807, 2.05) is 26.0 Å². The standard InChI is InChI=1S/C24H28N4O4S/c1-14-11-18(4-5-19(14)24(32)27-9-7-16(8-10-27)22(25)30)28-13-17(12-21(28)29)26-23(31)20-6-3-15(2)33-20/h3-6,11,16-17H,7-10,12-13H2,1-2H3,(H2,25,30)(H,26,31). The second-order valence-electron chi connectivity index (χ2n) is 8.76. The second-order valence-corrected chi connectivity index (χ2v) is 10.0. The minimum absolute atomic E-state index is 0.0605. The molecule has 2 saturated heterocycles. The van der Waals surface area contributed by atoms with Crippen LogP contribution in [0, 0.1) is 19.8 Å². The van der Waals surface area contributed by atoms with Gasteiger partial charge in [0.05, 0.1) is 10.9 Å². The van der Waals surface area contributed by atoms with Gasteiger partial charge < -0.3 is 20.9 Å². The van der Waals surface area contributed by atoms with Crippen LogP contribution in [0.4, 0.5) is 5.69 Å². The van der Waals surface area contributed by atoms with Gasteiger partial charge >= 0.3 is 0 Å². The Balaban J connectivity index is 1.40. The number of hydrogen-bond donors (Lipinski definition) is 2. The first-order valence-corrected chi connectivity index (χ1v) is 11.9. The summed E-state index contributed by atoms with van der Waals surface area (Å²) in [5.41, 5.74) is 7.46. The van der Waals surface area contributed by atoms with Gasteiger partial charge in [0.15, 0.2) is 0 Å². The topological polar surface area (TPSA) is 113 Å². The molecule has 0 radical (unpaired) electrons. The predicted molar refractivity (Wildman–Crippen MR) is 126 cm³/mol. The molecule has 2 fully saturated rings. The Morgan fingerprint density at radius 1 is 1.09 bits per heavy atom. The van der Waals surface area contributed by atoms with Crippen molar-refractivity contribution >= 4 is 40.7 Å². The number of likely N-dealkylation sites (tertiary alicyclic amines) is 1. The first kappa shape index (κ1) is 23.0. The van der Waals surface area contributed by atoms with E-state index >= 15 is 0 Å². The van der Waals surface area contributed by atoms with E-state index in [-0.39, 0.29) is 42.0 Å². The lowest BCUT2D eigenvalue weighted by atomic mass is 9.95. The SMILES string of the molecule is Cc1ccc(C(=O)NC2CC(=O)N(c3ccc(C(=O)N4CCC(C(N)=O)CC4)c(C)c3)C2)s1. The number of amides is 4. The van der Waals surface area contributed by atoms with Crippen LogP contribution in [0.15, 0.2) is 30.3 Å². The third-order valence-corrected chi connectivity index (χ3v) is 7.36. The zero-order valence-corrected chi connectivity index (χ0v) is 19.6. The summed E-state index contributed by atoms with van der Waals surface area (Å²) in [4.78, 5) is 54.5. The Labute approximate surface area is 196 Å². The molecule has 33 heavy (non-hydrogen) atoms. The van der Waals surface area contributed by atoms with Crippen LogP contribution in [0.5, 0.6) is 0 Å². The number of thiophene rings is 1. The number of carbonyl (C=O) groups excluding carboxylic acids is 4. The predicted octanol–water partition coefficient (Wildman–Crippen LogP) is 2.24. The smallest absolute Gasteiger partial charge is 0.261 e. The minimum Gasteiger partial charge on any atom is -0.369 e. The fourth-order valence-corrected chi connectivity index (χ4v) is 5.23. The summed E-state index contributed by atoms with van der Waals surface area (Å²) in [7, 11) is 0. The van der Waals surface area contributed by atoms with Crippen molar-refractivity contribution in [2.45, 2.75) is 39.2 Å². The molecule has 1 aromatic heterocycles. The lowest BCUT2D eigenvalue weighted by Gasteiger charge is -2.31. The molecule has 4 amide bonds. The molecule has 1 unspecified atom stereocenters. The Morgan fingerprint density at radius 3 is 2.42 bits per heavy atom. The normalized spacial score (nSPS) is 19.1. The number of nitrogens with one attached hydrogen (secondary N) is 1. The van der Waals surface area contributed by atoms with E-state index in [1.54, 1.807) is 28.0 Å². The van der Waals surface area contributed by atoms with Gasteiger partial charge in [-0.3, -0.25) is 19.2 Å². The minimum atomic E-state index is -0.307. The van der Waals surface area contributed by atoms with E-state index < -0.39 is 0 Å². The molecule has 0 spiro atoms. The number of nitrogens with two attached hydrogens (primary N) is 1. The van der Waals surface area contributed by atoms with Crippen molar-refractivity contribution < 1.29 is 19.2 Å². The van der Waals surface area contributed by atoms with Crippen molar-refractivity contribution in [3.8, 4) is 0 Å². The zero-order chi connectivity index (χ0) is 23.7. The van der Waals surface area contributed by atoms with Gasteiger partial charge in [-0.1, -0.05) is 0 Å². The number of hydrogen-bond acceptors (Lipinski definition) is 5. The highest BCUT2D eigenvalue weighted by atomic mass is 32.1. The number of carbonyl (C=O) groups is 4. The summed E-state index contributed by atoms with van der Waals surface area (Å²) >= 11 is 1.43. The van der Waals surface area contributed by atoms with Crippen LogP contribution >= 0.6 is 11.3 Å². The molecule has 1 aromatic carbocycles. The maximum absolute atomic E-state index is 13.0. The summed E-state index contributed by atoms with van der Waals surface area (Å²) in [6, 6.07) is 8.80. The molecule has 3 N–H and O–H groups in total. The molecule has 2 aliphatic heterocycles. The second kappa shape index (κ2) is 9.35. The number of piperidine rings is 1. The molecule has 8 nitrogen and oxygen atoms in total. The first-order chi connectivity index (χ1) is 15.7. The zero-order valence-electron chi connectivity index (χ0n) is 18.8. The van der Waals surface area contributed by atoms with Crippen LogP contribution in [-0.4, -0.2) is 54.2 Å². The van der Waals surface area contributed by atoms with E-state index in [1.165, 1.54) is 11.3 Å². The van der Waals surface area contributed by atoms with Crippen molar-refractivity contribution in [3.05, 3.63) is 51.2 Å². The van der Waals surface area contributed by atoms with Crippen molar-refractivity contribution in [3.63, 3.8) is 0 Å². The molecule has 2 aromatic rings. The summed E-state index contributed by atoms with van der Waals surface area (Å²) < 4.78 is 0. The van der Waals surface area contributed by atoms with Crippen molar-refractivity contribution in [2.24, 2.45) is 11.7 Å². The van der Waals surface area contributed by atoms with Gasteiger partial charge in [-0.25, -0.2) is 0 Å². The Bertz CT molecular complexity index is 1100. The van der Waals surface area contributed by atoms with Crippen LogP contribution in [0.3, 0.4) is 0 Å². The highest BCUT2D eigenvalue weighted by Crippen LogP contribution is 2.27. The maximum Gasteiger partial charge on any atom is 0.261 e. The van der Waals surface area contributed by atoms with Crippen LogP contribution in [0.25, 0.3) is 0 Å². The molecule has 0 bridgehead atoms. The third kappa shape index (κ3) is 4.93. The van der Waals surface area contributed by atoms with Gasteiger partial charge in [0.25, 0.3) is 11.8 Å². The molecule has 0 aliphatic carbocycles. The average molecular weight is 469 g/mol. The fourth-order valence-electron chi connectivity index (χ4n) is 4.46. The lowest BCUT2D eigenvalue weighted by molar-refractivity contribution is -0.123. The van der Waals surface area contributed by atoms with Crippen molar-refractivity contribution in [1.29, 1.82) is 0 Å². The van der Waals surface area contributed by atoms with Gasteiger partial charge in [0.2, 0.25) is 11.8 Å². The van der Waals surface area contributed by atoms with Crippen LogP contribution < -0.4 is 16.0 Å². The summed E-state index contributed by atoms with van der Waals surface area (Å²) in [6.07, 6.45) is 1.40. The highest BCUT2D eigenvalue weighted by molar-refractivity contribution is 7.13. The van der Waals surface area contributed by atoms with Gasteiger partial charge in [-0.05, 0) is 62.6 Å². The molecule has 1 atom stereocenters. The fraction of sp³-hybridized carbons (Fsp3) is 0.417. The van der Waals surface area contributed by atoms with Crippen LogP contribution in [0.1, 0.15) is 49.7 Å². The summed E-state index contributed by atoms with van der Waals surface area (Å²) in [6.45, 7) is 5.20. The third-order valence-electron chi connectivity index (χ3n) is 6.36. The van der Waals surface area contributed by atoms with E-state index in [2.05, 4.69) is 5.32 Å². The van der Waals surface area contributed by atoms with E-state index in [4.69, 9.17) is 5.73 Å². The molecule has 174 valence electrons. The first-order valence-electron chi connectivity index (χ1n) is 11.1. The van der Waals surface area contributed by atoms with Gasteiger partial charge in [0, 0.05) is 48.1 Å². The number of primary amides is 1. The molecular weight excluding hydrogens is 440 g/mol. The monoisotopic (exact) mass is 468 g/mol. The molecule has 4 rings (SSSR count). The average Bonchev–Trinajstić information content (AvgIpc) is 3.38. The molecule has 3 heterocycles. The van der Waals surface area contributed by atoms with Crippen molar-refractivity contribution in [2.75, 3.05) is 24.5 Å². The van der Waals surface area contributed by atoms with Crippen LogP contribution in [-0.2, 0) is 9.59 Å². The number of aryl methyl sites for hydroxylation is 2. The van der Waals surface area contributed by atoms with E-state index in [9.17, 15) is 19.2 Å².